The van der Waals surface area contributed by atoms with Crippen molar-refractivity contribution in [3.8, 4) is 5.75 Å². The van der Waals surface area contributed by atoms with E-state index in [9.17, 15) is 9.59 Å². The highest BCUT2D eigenvalue weighted by Gasteiger charge is 2.27. The van der Waals surface area contributed by atoms with E-state index >= 15 is 0 Å². The van der Waals surface area contributed by atoms with Crippen LogP contribution < -0.4 is 4.74 Å². The molecule has 0 saturated carbocycles. The predicted molar refractivity (Wildman–Crippen MR) is 130 cm³/mol. The van der Waals surface area contributed by atoms with Crippen molar-refractivity contribution in [1.82, 2.24) is 15.0 Å². The minimum absolute atomic E-state index is 0.177. The van der Waals surface area contributed by atoms with Gasteiger partial charge in [-0.3, -0.25) is 9.69 Å². The minimum atomic E-state index is -0.866. The third-order valence-electron chi connectivity index (χ3n) is 6.20. The Hall–Kier alpha value is -3.65. The van der Waals surface area contributed by atoms with Crippen LogP contribution in [0, 0.1) is 13.8 Å². The van der Waals surface area contributed by atoms with Crippen molar-refractivity contribution in [3.05, 3.63) is 82.7 Å². The van der Waals surface area contributed by atoms with Crippen LogP contribution in [0.15, 0.2) is 59.1 Å². The number of piperazine rings is 1. The van der Waals surface area contributed by atoms with Crippen LogP contribution in [0.5, 0.6) is 5.75 Å². The fourth-order valence-electron chi connectivity index (χ4n) is 4.08. The number of aryl methyl sites for hydroxylation is 2. The molecule has 2 heterocycles. The Balaban J connectivity index is 1.27. The molecule has 8 nitrogen and oxygen atoms in total. The summed E-state index contributed by atoms with van der Waals surface area (Å²) in [6.45, 7) is 9.23. The van der Waals surface area contributed by atoms with E-state index in [1.54, 1.807) is 36.1 Å². The highest BCUT2D eigenvalue weighted by Crippen LogP contribution is 2.19. The Morgan fingerprint density at radius 2 is 1.77 bits per heavy atom. The van der Waals surface area contributed by atoms with Gasteiger partial charge in [-0.25, -0.2) is 4.79 Å². The van der Waals surface area contributed by atoms with Crippen LogP contribution in [0.2, 0.25) is 0 Å². The zero-order chi connectivity index (χ0) is 24.8. The van der Waals surface area contributed by atoms with Gasteiger partial charge in [0, 0.05) is 32.7 Å². The van der Waals surface area contributed by atoms with Gasteiger partial charge in [0.1, 0.15) is 18.1 Å². The van der Waals surface area contributed by atoms with Gasteiger partial charge in [0.2, 0.25) is 0 Å². The van der Waals surface area contributed by atoms with Crippen LogP contribution in [0.1, 0.15) is 39.9 Å². The number of carbonyl (C=O) groups is 2. The zero-order valence-electron chi connectivity index (χ0n) is 20.4. The smallest absolute Gasteiger partial charge is 0.339 e. The molecule has 35 heavy (non-hydrogen) atoms. The molecule has 8 heteroatoms. The molecule has 1 unspecified atom stereocenters. The van der Waals surface area contributed by atoms with Gasteiger partial charge in [-0.15, -0.1) is 0 Å². The van der Waals surface area contributed by atoms with Gasteiger partial charge in [0.05, 0.1) is 16.8 Å². The number of carbonyl (C=O) groups excluding carboxylic acids is 2. The number of amides is 1. The summed E-state index contributed by atoms with van der Waals surface area (Å²) in [5.74, 6) is 0.485. The maximum atomic E-state index is 12.9. The van der Waals surface area contributed by atoms with E-state index in [4.69, 9.17) is 14.0 Å². The first-order valence-corrected chi connectivity index (χ1v) is 11.8. The van der Waals surface area contributed by atoms with Crippen molar-refractivity contribution in [1.29, 1.82) is 0 Å². The monoisotopic (exact) mass is 477 g/mol. The second-order valence-corrected chi connectivity index (χ2v) is 8.75. The summed E-state index contributed by atoms with van der Waals surface area (Å²) >= 11 is 0. The van der Waals surface area contributed by atoms with E-state index in [0.29, 0.717) is 30.2 Å². The molecular formula is C27H31N3O5. The normalized spacial score (nSPS) is 15.0. The number of aromatic nitrogens is 1. The number of nitrogens with zero attached hydrogens (tertiary/aromatic N) is 3. The maximum absolute atomic E-state index is 12.9. The van der Waals surface area contributed by atoms with E-state index in [0.717, 1.165) is 30.9 Å². The summed E-state index contributed by atoms with van der Waals surface area (Å²) < 4.78 is 16.5. The van der Waals surface area contributed by atoms with E-state index in [2.05, 4.69) is 22.2 Å². The molecule has 1 aliphatic heterocycles. The van der Waals surface area contributed by atoms with Crippen LogP contribution >= 0.6 is 0 Å². The molecule has 2 aromatic carbocycles. The summed E-state index contributed by atoms with van der Waals surface area (Å²) in [7, 11) is 0. The Labute approximate surface area is 205 Å². The van der Waals surface area contributed by atoms with Crippen molar-refractivity contribution in [3.63, 3.8) is 0 Å². The van der Waals surface area contributed by atoms with Crippen LogP contribution in [0.25, 0.3) is 0 Å². The number of esters is 1. The number of hydrogen-bond donors (Lipinski definition) is 0. The molecule has 1 atom stereocenters. The van der Waals surface area contributed by atoms with Gasteiger partial charge in [-0.05, 0) is 44.5 Å². The number of benzene rings is 2. The third kappa shape index (κ3) is 6.27. The molecule has 0 spiro atoms. The van der Waals surface area contributed by atoms with Gasteiger partial charge in [0.25, 0.3) is 5.91 Å². The van der Waals surface area contributed by atoms with Crippen molar-refractivity contribution in [2.75, 3.05) is 26.2 Å². The third-order valence-corrected chi connectivity index (χ3v) is 6.20. The lowest BCUT2D eigenvalue weighted by atomic mass is 10.2. The minimum Gasteiger partial charge on any atom is -0.489 e. The molecule has 1 fully saturated rings. The zero-order valence-corrected chi connectivity index (χ0v) is 20.4. The Kier molecular flexibility index (Phi) is 7.82. The van der Waals surface area contributed by atoms with Crippen molar-refractivity contribution in [2.45, 2.75) is 40.0 Å². The quantitative estimate of drug-likeness (QED) is 0.457. The molecule has 1 saturated heterocycles. The van der Waals surface area contributed by atoms with Gasteiger partial charge in [0.15, 0.2) is 6.10 Å². The largest absolute Gasteiger partial charge is 0.489 e. The van der Waals surface area contributed by atoms with Crippen molar-refractivity contribution < 1.29 is 23.6 Å². The molecule has 0 aliphatic carbocycles. The van der Waals surface area contributed by atoms with E-state index < -0.39 is 12.1 Å². The predicted octanol–water partition coefficient (Wildman–Crippen LogP) is 3.76. The van der Waals surface area contributed by atoms with Gasteiger partial charge >= 0.3 is 5.97 Å². The first-order valence-electron chi connectivity index (χ1n) is 11.8. The van der Waals surface area contributed by atoms with Gasteiger partial charge in [-0.2, -0.15) is 0 Å². The van der Waals surface area contributed by atoms with Crippen molar-refractivity contribution in [2.24, 2.45) is 0 Å². The fraction of sp³-hybridized carbons (Fsp3) is 0.370. The molecule has 1 amide bonds. The molecular weight excluding hydrogens is 446 g/mol. The summed E-state index contributed by atoms with van der Waals surface area (Å²) in [5, 5.41) is 3.92. The topological polar surface area (TPSA) is 85.1 Å². The highest BCUT2D eigenvalue weighted by atomic mass is 16.5. The molecule has 0 bridgehead atoms. The summed E-state index contributed by atoms with van der Waals surface area (Å²) in [4.78, 5) is 29.7. The second-order valence-electron chi connectivity index (χ2n) is 8.75. The lowest BCUT2D eigenvalue weighted by molar-refractivity contribution is -0.141. The van der Waals surface area contributed by atoms with E-state index in [1.807, 2.05) is 32.0 Å². The average molecular weight is 478 g/mol. The summed E-state index contributed by atoms with van der Waals surface area (Å²) in [6.07, 6.45) is -0.866. The fourth-order valence-corrected chi connectivity index (χ4v) is 4.08. The van der Waals surface area contributed by atoms with Crippen LogP contribution in [-0.2, 0) is 22.7 Å². The Morgan fingerprint density at radius 3 is 2.46 bits per heavy atom. The molecule has 0 radical (unpaired) electrons. The van der Waals surface area contributed by atoms with E-state index in [-0.39, 0.29) is 12.5 Å². The highest BCUT2D eigenvalue weighted by molar-refractivity contribution is 5.92. The molecule has 1 aliphatic rings. The molecule has 3 aromatic rings. The van der Waals surface area contributed by atoms with Crippen LogP contribution in [0.3, 0.4) is 0 Å². The second kappa shape index (κ2) is 11.2. The lowest BCUT2D eigenvalue weighted by Crippen LogP contribution is -2.51. The first-order chi connectivity index (χ1) is 16.9. The number of ether oxygens (including phenoxy) is 2. The Bertz CT molecular complexity index is 1130. The lowest BCUT2D eigenvalue weighted by Gasteiger charge is -2.35. The summed E-state index contributed by atoms with van der Waals surface area (Å²) in [6, 6.07) is 17.0. The molecule has 4 rings (SSSR count). The van der Waals surface area contributed by atoms with E-state index in [1.165, 1.54) is 5.56 Å². The van der Waals surface area contributed by atoms with Crippen molar-refractivity contribution >= 4 is 11.9 Å². The van der Waals surface area contributed by atoms with Gasteiger partial charge in [-0.1, -0.05) is 41.6 Å². The SMILES string of the molecule is Cc1noc(C)c1COc1cccc(C(=O)OC(C)C(=O)N2CCN(Cc3ccccc3)CC2)c1. The maximum Gasteiger partial charge on any atom is 0.339 e. The van der Waals surface area contributed by atoms with Gasteiger partial charge < -0.3 is 18.9 Å². The first kappa shape index (κ1) is 24.5. The Morgan fingerprint density at radius 1 is 1.03 bits per heavy atom. The average Bonchev–Trinajstić information content (AvgIpc) is 3.20. The molecule has 1 aromatic heterocycles. The number of rotatable bonds is 8. The number of hydrogen-bond acceptors (Lipinski definition) is 7. The van der Waals surface area contributed by atoms with Crippen LogP contribution in [-0.4, -0.2) is 59.1 Å². The molecule has 0 N–H and O–H groups in total. The van der Waals surface area contributed by atoms with Crippen LogP contribution in [0.4, 0.5) is 0 Å². The molecule has 184 valence electrons. The standard InChI is InChI=1S/C27H31N3O5/c1-19-25(20(2)35-28-19)18-33-24-11-7-10-23(16-24)27(32)34-21(3)26(31)30-14-12-29(13-15-30)17-22-8-5-4-6-9-22/h4-11,16,21H,12-15,17-18H2,1-3H3. The summed E-state index contributed by atoms with van der Waals surface area (Å²) in [5.41, 5.74) is 3.23.